The van der Waals surface area contributed by atoms with Crippen molar-refractivity contribution in [3.63, 3.8) is 0 Å². The molecule has 0 radical (unpaired) electrons. The molecule has 3 rings (SSSR count). The first-order valence-corrected chi connectivity index (χ1v) is 6.56. The molecule has 1 aliphatic carbocycles. The first-order chi connectivity index (χ1) is 9.66. The van der Waals surface area contributed by atoms with Crippen molar-refractivity contribution in [3.05, 3.63) is 47.6 Å². The van der Waals surface area contributed by atoms with Gasteiger partial charge in [0.2, 0.25) is 11.8 Å². The maximum absolute atomic E-state index is 12.4. The number of nitrogens with zero attached hydrogens (tertiary/aromatic N) is 1. The Morgan fingerprint density at radius 1 is 1.05 bits per heavy atom. The molecule has 3 aliphatic rings. The topological polar surface area (TPSA) is 66.5 Å². The SMILES string of the molecule is O=C1CCC(N2CC3=C/C=C\C=C\C=C3C2=O)C(=O)N1. The largest absolute Gasteiger partial charge is 0.322 e. The summed E-state index contributed by atoms with van der Waals surface area (Å²) in [6.45, 7) is 0.412. The molecule has 0 saturated carbocycles. The van der Waals surface area contributed by atoms with Gasteiger partial charge in [-0.1, -0.05) is 30.4 Å². The summed E-state index contributed by atoms with van der Waals surface area (Å²) in [6, 6.07) is -0.553. The van der Waals surface area contributed by atoms with Crippen LogP contribution in [0.1, 0.15) is 12.8 Å². The van der Waals surface area contributed by atoms with E-state index in [4.69, 9.17) is 0 Å². The second kappa shape index (κ2) is 4.92. The molecule has 0 aromatic carbocycles. The molecule has 0 aromatic rings. The standard InChI is InChI=1S/C15H14N2O3/c18-13-8-7-12(14(19)16-13)17-9-10-5-3-1-2-4-6-11(10)15(17)20/h1-6,12H,7-9H2,(H,16,18,19)/b2-1?,3-1-,4-2+,5-3?,6-4?,10-5?,11-6?. The summed E-state index contributed by atoms with van der Waals surface area (Å²) in [4.78, 5) is 37.0. The Morgan fingerprint density at radius 3 is 2.55 bits per heavy atom. The third-order valence-electron chi connectivity index (χ3n) is 3.66. The highest BCUT2D eigenvalue weighted by Crippen LogP contribution is 2.28. The van der Waals surface area contributed by atoms with Gasteiger partial charge < -0.3 is 4.90 Å². The van der Waals surface area contributed by atoms with Crippen LogP contribution >= 0.6 is 0 Å². The summed E-state index contributed by atoms with van der Waals surface area (Å²) in [5.74, 6) is -0.796. The highest BCUT2D eigenvalue weighted by molar-refractivity contribution is 6.07. The van der Waals surface area contributed by atoms with Gasteiger partial charge in [-0.3, -0.25) is 19.7 Å². The van der Waals surface area contributed by atoms with Gasteiger partial charge in [0.15, 0.2) is 0 Å². The lowest BCUT2D eigenvalue weighted by Gasteiger charge is -2.28. The molecule has 2 saturated heterocycles. The molecule has 5 heteroatoms. The Kier molecular flexibility index (Phi) is 3.10. The number of piperidine rings is 1. The van der Waals surface area contributed by atoms with Gasteiger partial charge in [0.1, 0.15) is 6.04 Å². The molecule has 3 amide bonds. The van der Waals surface area contributed by atoms with E-state index in [1.54, 1.807) is 11.0 Å². The molecule has 102 valence electrons. The summed E-state index contributed by atoms with van der Waals surface area (Å²) in [5.41, 5.74) is 1.52. The van der Waals surface area contributed by atoms with Gasteiger partial charge in [-0.25, -0.2) is 0 Å². The normalized spacial score (nSPS) is 28.9. The van der Waals surface area contributed by atoms with Crippen LogP contribution in [0.4, 0.5) is 0 Å². The lowest BCUT2D eigenvalue weighted by atomic mass is 10.0. The maximum atomic E-state index is 12.4. The fourth-order valence-electron chi connectivity index (χ4n) is 2.64. The van der Waals surface area contributed by atoms with E-state index in [0.717, 1.165) is 5.57 Å². The number of carbonyl (C=O) groups is 3. The average Bonchev–Trinajstić information content (AvgIpc) is 2.66. The van der Waals surface area contributed by atoms with E-state index < -0.39 is 6.04 Å². The zero-order chi connectivity index (χ0) is 14.1. The summed E-state index contributed by atoms with van der Waals surface area (Å²) in [6.07, 6.45) is 11.7. The molecule has 1 N–H and O–H groups in total. The zero-order valence-electron chi connectivity index (χ0n) is 10.8. The van der Waals surface area contributed by atoms with Crippen molar-refractivity contribution in [2.45, 2.75) is 18.9 Å². The van der Waals surface area contributed by atoms with Crippen molar-refractivity contribution in [1.29, 1.82) is 0 Å². The minimum atomic E-state index is -0.553. The first kappa shape index (κ1) is 12.6. The Bertz CT molecular complexity index is 611. The number of hydrogen-bond acceptors (Lipinski definition) is 3. The molecular weight excluding hydrogens is 256 g/mol. The number of nitrogens with one attached hydrogen (secondary N) is 1. The molecule has 2 heterocycles. The second-order valence-corrected chi connectivity index (χ2v) is 4.94. The van der Waals surface area contributed by atoms with Crippen molar-refractivity contribution < 1.29 is 14.4 Å². The lowest BCUT2D eigenvalue weighted by Crippen LogP contribution is -2.52. The van der Waals surface area contributed by atoms with E-state index in [9.17, 15) is 14.4 Å². The number of imide groups is 1. The number of allylic oxidation sites excluding steroid dienone is 6. The van der Waals surface area contributed by atoms with Crippen LogP contribution in [0.5, 0.6) is 0 Å². The Hall–Kier alpha value is -2.43. The van der Waals surface area contributed by atoms with Crippen LogP contribution in [-0.4, -0.2) is 35.2 Å². The van der Waals surface area contributed by atoms with E-state index >= 15 is 0 Å². The Labute approximate surface area is 116 Å². The van der Waals surface area contributed by atoms with E-state index in [2.05, 4.69) is 5.32 Å². The molecule has 0 bridgehead atoms. The van der Waals surface area contributed by atoms with Crippen LogP contribution in [-0.2, 0) is 14.4 Å². The van der Waals surface area contributed by atoms with Crippen molar-refractivity contribution in [2.75, 3.05) is 6.54 Å². The van der Waals surface area contributed by atoms with Gasteiger partial charge in [0.25, 0.3) is 5.91 Å². The highest BCUT2D eigenvalue weighted by atomic mass is 16.2. The zero-order valence-corrected chi connectivity index (χ0v) is 10.8. The highest BCUT2D eigenvalue weighted by Gasteiger charge is 2.40. The molecule has 0 aromatic heterocycles. The molecule has 20 heavy (non-hydrogen) atoms. The van der Waals surface area contributed by atoms with Gasteiger partial charge in [-0.05, 0) is 18.1 Å². The number of rotatable bonds is 1. The predicted octanol–water partition coefficient (Wildman–Crippen LogP) is 0.613. The summed E-state index contributed by atoms with van der Waals surface area (Å²) < 4.78 is 0. The predicted molar refractivity (Wildman–Crippen MR) is 72.3 cm³/mol. The quantitative estimate of drug-likeness (QED) is 0.710. The van der Waals surface area contributed by atoms with Crippen molar-refractivity contribution >= 4 is 17.7 Å². The van der Waals surface area contributed by atoms with Crippen LogP contribution in [0.25, 0.3) is 0 Å². The van der Waals surface area contributed by atoms with Gasteiger partial charge in [-0.2, -0.15) is 0 Å². The smallest absolute Gasteiger partial charge is 0.255 e. The lowest BCUT2D eigenvalue weighted by molar-refractivity contribution is -0.142. The Balaban J connectivity index is 1.88. The van der Waals surface area contributed by atoms with Crippen LogP contribution in [0.15, 0.2) is 47.6 Å². The van der Waals surface area contributed by atoms with Gasteiger partial charge in [0, 0.05) is 18.5 Å². The van der Waals surface area contributed by atoms with Crippen LogP contribution in [0.3, 0.4) is 0 Å². The number of likely N-dealkylation sites (tertiary alicyclic amines) is 1. The third-order valence-corrected chi connectivity index (χ3v) is 3.66. The van der Waals surface area contributed by atoms with Crippen LogP contribution < -0.4 is 5.32 Å². The number of hydrogen-bond donors (Lipinski definition) is 1. The minimum absolute atomic E-state index is 0.148. The van der Waals surface area contributed by atoms with Gasteiger partial charge in [-0.15, -0.1) is 0 Å². The fourth-order valence-corrected chi connectivity index (χ4v) is 2.64. The molecule has 1 unspecified atom stereocenters. The molecule has 0 spiro atoms. The third kappa shape index (κ3) is 2.11. The van der Waals surface area contributed by atoms with Crippen molar-refractivity contribution in [2.24, 2.45) is 0 Å². The van der Waals surface area contributed by atoms with Crippen LogP contribution in [0, 0.1) is 0 Å². The van der Waals surface area contributed by atoms with Crippen molar-refractivity contribution in [3.8, 4) is 0 Å². The van der Waals surface area contributed by atoms with E-state index in [1.165, 1.54) is 0 Å². The first-order valence-electron chi connectivity index (χ1n) is 6.56. The molecular formula is C15H14N2O3. The molecule has 5 nitrogen and oxygen atoms in total. The monoisotopic (exact) mass is 270 g/mol. The van der Waals surface area contributed by atoms with E-state index in [-0.39, 0.29) is 24.1 Å². The van der Waals surface area contributed by atoms with Gasteiger partial charge in [0.05, 0.1) is 0 Å². The molecule has 2 aliphatic heterocycles. The maximum Gasteiger partial charge on any atom is 0.255 e. The fraction of sp³-hybridized carbons (Fsp3) is 0.267. The molecule has 1 atom stereocenters. The molecule has 2 fully saturated rings. The van der Waals surface area contributed by atoms with E-state index in [1.807, 2.05) is 30.4 Å². The van der Waals surface area contributed by atoms with E-state index in [0.29, 0.717) is 18.5 Å². The Morgan fingerprint density at radius 2 is 1.80 bits per heavy atom. The second-order valence-electron chi connectivity index (χ2n) is 4.94. The summed E-state index contributed by atoms with van der Waals surface area (Å²) >= 11 is 0. The number of carbonyl (C=O) groups excluding carboxylic acids is 3. The van der Waals surface area contributed by atoms with Crippen LogP contribution in [0.2, 0.25) is 0 Å². The number of fused-ring (bicyclic) bond motifs is 1. The number of amides is 3. The average molecular weight is 270 g/mol. The summed E-state index contributed by atoms with van der Waals surface area (Å²) in [7, 11) is 0. The van der Waals surface area contributed by atoms with Gasteiger partial charge >= 0.3 is 0 Å². The van der Waals surface area contributed by atoms with Crippen molar-refractivity contribution in [1.82, 2.24) is 10.2 Å². The minimum Gasteiger partial charge on any atom is -0.322 e. The summed E-state index contributed by atoms with van der Waals surface area (Å²) in [5, 5.41) is 2.29.